The summed E-state index contributed by atoms with van der Waals surface area (Å²) in [6.07, 6.45) is 1.12. The van der Waals surface area contributed by atoms with E-state index in [1.165, 1.54) is 0 Å². The molecule has 0 saturated carbocycles. The lowest BCUT2D eigenvalue weighted by molar-refractivity contribution is -0.134. The molecule has 3 N–H and O–H groups in total. The van der Waals surface area contributed by atoms with Gasteiger partial charge in [-0.05, 0) is 27.7 Å². The van der Waals surface area contributed by atoms with Crippen molar-refractivity contribution in [3.63, 3.8) is 0 Å². The molecule has 0 radical (unpaired) electrons. The number of hydrogen-bond acceptors (Lipinski definition) is 3. The van der Waals surface area contributed by atoms with Crippen LogP contribution >= 0.6 is 0 Å². The van der Waals surface area contributed by atoms with Crippen LogP contribution < -0.4 is 0 Å². The maximum atomic E-state index is 9.55. The van der Waals surface area contributed by atoms with Crippen molar-refractivity contribution in [1.29, 1.82) is 5.41 Å². The zero-order valence-corrected chi connectivity index (χ0v) is 12.6. The largest absolute Gasteiger partial charge is 0.478 e. The predicted octanol–water partition coefficient (Wildman–Crippen LogP) is 1.32. The highest BCUT2D eigenvalue weighted by molar-refractivity contribution is 5.89. The lowest BCUT2D eigenvalue weighted by Crippen LogP contribution is -2.43. The molecule has 7 heteroatoms. The quantitative estimate of drug-likeness (QED) is 0.386. The first kappa shape index (κ1) is 20.3. The van der Waals surface area contributed by atoms with Crippen molar-refractivity contribution in [2.24, 2.45) is 0 Å². The second-order valence-corrected chi connectivity index (χ2v) is 3.68. The molecule has 20 heavy (non-hydrogen) atoms. The Hall–Kier alpha value is -2.05. The molecule has 0 amide bonds. The SMILES string of the molecule is CCN(CC)C(=N)N(CC)CC.O=C(O)/C=C/C(=O)O. The first-order chi connectivity index (χ1) is 9.33. The minimum absolute atomic E-state index is 0.558. The molecule has 0 atom stereocenters. The fourth-order valence-electron chi connectivity index (χ4n) is 1.39. The fourth-order valence-corrected chi connectivity index (χ4v) is 1.39. The number of hydrogen-bond donors (Lipinski definition) is 3. The van der Waals surface area contributed by atoms with Gasteiger partial charge in [-0.2, -0.15) is 0 Å². The van der Waals surface area contributed by atoms with Crippen LogP contribution in [-0.4, -0.2) is 64.1 Å². The zero-order valence-electron chi connectivity index (χ0n) is 12.6. The lowest BCUT2D eigenvalue weighted by atomic mass is 10.4. The normalized spacial score (nSPS) is 9.60. The molecule has 0 bridgehead atoms. The number of rotatable bonds is 6. The van der Waals surface area contributed by atoms with Gasteiger partial charge in [0.1, 0.15) is 0 Å². The lowest BCUT2D eigenvalue weighted by Gasteiger charge is -2.30. The first-order valence-corrected chi connectivity index (χ1v) is 6.56. The van der Waals surface area contributed by atoms with Gasteiger partial charge in [0.05, 0.1) is 0 Å². The van der Waals surface area contributed by atoms with E-state index in [0.717, 1.165) is 26.2 Å². The third kappa shape index (κ3) is 9.93. The van der Waals surface area contributed by atoms with Crippen LogP contribution in [0.5, 0.6) is 0 Å². The van der Waals surface area contributed by atoms with Gasteiger partial charge in [0.25, 0.3) is 0 Å². The molecule has 0 heterocycles. The van der Waals surface area contributed by atoms with Crippen molar-refractivity contribution < 1.29 is 19.8 Å². The minimum Gasteiger partial charge on any atom is -0.478 e. The van der Waals surface area contributed by atoms with E-state index >= 15 is 0 Å². The van der Waals surface area contributed by atoms with E-state index < -0.39 is 11.9 Å². The number of carbonyl (C=O) groups is 2. The number of guanidine groups is 1. The van der Waals surface area contributed by atoms with Gasteiger partial charge in [0.15, 0.2) is 5.96 Å². The van der Waals surface area contributed by atoms with E-state index in [1.54, 1.807) is 0 Å². The third-order valence-electron chi connectivity index (χ3n) is 2.49. The van der Waals surface area contributed by atoms with Crippen LogP contribution in [0.15, 0.2) is 12.2 Å². The molecule has 0 aliphatic heterocycles. The van der Waals surface area contributed by atoms with Crippen molar-refractivity contribution in [2.45, 2.75) is 27.7 Å². The van der Waals surface area contributed by atoms with Gasteiger partial charge in [-0.25, -0.2) is 9.59 Å². The van der Waals surface area contributed by atoms with Gasteiger partial charge in [-0.1, -0.05) is 0 Å². The van der Waals surface area contributed by atoms with E-state index in [4.69, 9.17) is 15.6 Å². The van der Waals surface area contributed by atoms with Crippen LogP contribution in [0.25, 0.3) is 0 Å². The van der Waals surface area contributed by atoms with Gasteiger partial charge in [0.2, 0.25) is 0 Å². The summed E-state index contributed by atoms with van der Waals surface area (Å²) in [7, 11) is 0. The van der Waals surface area contributed by atoms with Crippen LogP contribution in [-0.2, 0) is 9.59 Å². The van der Waals surface area contributed by atoms with Gasteiger partial charge in [-0.15, -0.1) is 0 Å². The monoisotopic (exact) mass is 287 g/mol. The Kier molecular flexibility index (Phi) is 12.2. The number of nitrogens with zero attached hydrogens (tertiary/aromatic N) is 2. The zero-order chi connectivity index (χ0) is 16.1. The molecule has 0 unspecified atom stereocenters. The summed E-state index contributed by atoms with van der Waals surface area (Å²) >= 11 is 0. The number of carboxylic acids is 2. The highest BCUT2D eigenvalue weighted by Crippen LogP contribution is 1.96. The summed E-state index contributed by atoms with van der Waals surface area (Å²) < 4.78 is 0. The van der Waals surface area contributed by atoms with E-state index in [9.17, 15) is 9.59 Å². The topological polar surface area (TPSA) is 105 Å². The smallest absolute Gasteiger partial charge is 0.328 e. The molecular formula is C13H25N3O4. The van der Waals surface area contributed by atoms with E-state index in [2.05, 4.69) is 37.5 Å². The number of aliphatic carboxylic acids is 2. The van der Waals surface area contributed by atoms with Gasteiger partial charge >= 0.3 is 11.9 Å². The Labute approximate surface area is 120 Å². The Balaban J connectivity index is 0. The van der Waals surface area contributed by atoms with Crippen molar-refractivity contribution in [3.8, 4) is 0 Å². The third-order valence-corrected chi connectivity index (χ3v) is 2.49. The maximum absolute atomic E-state index is 9.55. The summed E-state index contributed by atoms with van der Waals surface area (Å²) in [5.41, 5.74) is 0. The first-order valence-electron chi connectivity index (χ1n) is 6.56. The van der Waals surface area contributed by atoms with E-state index in [0.29, 0.717) is 18.1 Å². The van der Waals surface area contributed by atoms with E-state index in [1.807, 2.05) is 0 Å². The Morgan fingerprint density at radius 1 is 0.850 bits per heavy atom. The molecule has 0 rings (SSSR count). The van der Waals surface area contributed by atoms with Gasteiger partial charge in [0, 0.05) is 38.3 Å². The molecule has 0 aromatic heterocycles. The van der Waals surface area contributed by atoms with Crippen molar-refractivity contribution >= 4 is 17.9 Å². The van der Waals surface area contributed by atoms with Crippen molar-refractivity contribution in [3.05, 3.63) is 12.2 Å². The summed E-state index contributed by atoms with van der Waals surface area (Å²) in [5.74, 6) is -1.86. The van der Waals surface area contributed by atoms with Gasteiger partial charge < -0.3 is 20.0 Å². The molecule has 0 saturated heterocycles. The minimum atomic E-state index is -1.26. The van der Waals surface area contributed by atoms with Crippen molar-refractivity contribution in [2.75, 3.05) is 26.2 Å². The molecule has 7 nitrogen and oxygen atoms in total. The van der Waals surface area contributed by atoms with Gasteiger partial charge in [-0.3, -0.25) is 5.41 Å². The molecular weight excluding hydrogens is 262 g/mol. The summed E-state index contributed by atoms with van der Waals surface area (Å²) in [5, 5.41) is 23.5. The Morgan fingerprint density at radius 2 is 1.10 bits per heavy atom. The van der Waals surface area contributed by atoms with Crippen LogP contribution in [0.4, 0.5) is 0 Å². The number of carboxylic acid groups (broad SMARTS) is 2. The predicted molar refractivity (Wildman–Crippen MR) is 78.0 cm³/mol. The maximum Gasteiger partial charge on any atom is 0.328 e. The Morgan fingerprint density at radius 3 is 1.25 bits per heavy atom. The molecule has 0 fully saturated rings. The number of nitrogens with one attached hydrogen (secondary N) is 1. The molecule has 0 aliphatic carbocycles. The van der Waals surface area contributed by atoms with E-state index in [-0.39, 0.29) is 0 Å². The van der Waals surface area contributed by atoms with Crippen LogP contribution in [0.1, 0.15) is 27.7 Å². The second-order valence-electron chi connectivity index (χ2n) is 3.68. The summed E-state index contributed by atoms with van der Waals surface area (Å²) in [4.78, 5) is 23.2. The average Bonchev–Trinajstić information content (AvgIpc) is 2.40. The average molecular weight is 287 g/mol. The standard InChI is InChI=1S/C9H21N3.C4H4O4/c1-5-11(6-2)9(10)12(7-3)8-4;5-3(6)1-2-4(7)8/h10H,5-8H2,1-4H3;1-2H,(H,5,6)(H,7,8)/b;2-1+. The highest BCUT2D eigenvalue weighted by Gasteiger charge is 2.10. The Bertz CT molecular complexity index is 305. The molecule has 0 aromatic carbocycles. The fraction of sp³-hybridized carbons (Fsp3) is 0.615. The molecule has 0 spiro atoms. The molecule has 116 valence electrons. The molecule has 0 aromatic rings. The van der Waals surface area contributed by atoms with Crippen LogP contribution in [0.3, 0.4) is 0 Å². The van der Waals surface area contributed by atoms with Crippen LogP contribution in [0, 0.1) is 5.41 Å². The second kappa shape index (κ2) is 12.0. The molecule has 0 aliphatic rings. The highest BCUT2D eigenvalue weighted by atomic mass is 16.4. The summed E-state index contributed by atoms with van der Waals surface area (Å²) in [6.45, 7) is 12.0. The van der Waals surface area contributed by atoms with Crippen molar-refractivity contribution in [1.82, 2.24) is 9.80 Å². The van der Waals surface area contributed by atoms with Crippen LogP contribution in [0.2, 0.25) is 0 Å². The summed E-state index contributed by atoms with van der Waals surface area (Å²) in [6, 6.07) is 0.